The van der Waals surface area contributed by atoms with Crippen LogP contribution in [0.15, 0.2) is 54.6 Å². The van der Waals surface area contributed by atoms with Gasteiger partial charge in [-0.05, 0) is 54.5 Å². The Kier molecular flexibility index (Phi) is 4.35. The molecule has 1 N–H and O–H groups in total. The number of nitrogens with zero attached hydrogens (tertiary/aromatic N) is 4. The normalized spacial score (nSPS) is 14.7. The van der Waals surface area contributed by atoms with Gasteiger partial charge in [0, 0.05) is 5.56 Å². The zero-order valence-corrected chi connectivity index (χ0v) is 14.4. The smallest absolute Gasteiger partial charge is 0.265 e. The van der Waals surface area contributed by atoms with Crippen LogP contribution >= 0.6 is 0 Å². The van der Waals surface area contributed by atoms with E-state index in [1.54, 1.807) is 6.92 Å². The summed E-state index contributed by atoms with van der Waals surface area (Å²) >= 11 is 0. The Morgan fingerprint density at radius 3 is 2.65 bits per heavy atom. The van der Waals surface area contributed by atoms with E-state index in [1.807, 2.05) is 59.3 Å². The van der Waals surface area contributed by atoms with E-state index >= 15 is 0 Å². The molecular formula is C19H19N5O2. The number of carbonyl (C=O) groups excluding carboxylic acids is 1. The molecule has 1 atom stereocenters. The molecule has 1 aromatic heterocycles. The lowest BCUT2D eigenvalue weighted by molar-refractivity contribution is -0.122. The van der Waals surface area contributed by atoms with Crippen molar-refractivity contribution in [1.82, 2.24) is 20.2 Å². The van der Waals surface area contributed by atoms with Crippen LogP contribution < -0.4 is 10.1 Å². The van der Waals surface area contributed by atoms with Gasteiger partial charge in [-0.25, -0.2) is 4.68 Å². The zero-order valence-electron chi connectivity index (χ0n) is 14.4. The predicted molar refractivity (Wildman–Crippen MR) is 96.7 cm³/mol. The molecule has 0 unspecified atom stereocenters. The highest BCUT2D eigenvalue weighted by Gasteiger charge is 2.29. The molecule has 1 aliphatic rings. The zero-order chi connectivity index (χ0) is 17.9. The fourth-order valence-electron chi connectivity index (χ4n) is 2.71. The molecule has 0 bridgehead atoms. The van der Waals surface area contributed by atoms with Crippen LogP contribution in [0.4, 0.5) is 5.69 Å². The highest BCUT2D eigenvalue weighted by molar-refractivity contribution is 5.97. The molecular weight excluding hydrogens is 330 g/mol. The third-order valence-electron chi connectivity index (χ3n) is 4.24. The van der Waals surface area contributed by atoms with Crippen molar-refractivity contribution in [3.8, 4) is 17.1 Å². The quantitative estimate of drug-likeness (QED) is 0.739. The number of carbonyl (C=O) groups is 1. The van der Waals surface area contributed by atoms with Crippen molar-refractivity contribution >= 4 is 11.6 Å². The third kappa shape index (κ3) is 3.42. The molecule has 7 heteroatoms. The molecule has 1 heterocycles. The lowest BCUT2D eigenvalue weighted by Gasteiger charge is -2.16. The van der Waals surface area contributed by atoms with Crippen LogP contribution in [0.2, 0.25) is 0 Å². The Labute approximate surface area is 151 Å². The number of para-hydroxylation sites is 2. The molecule has 1 fully saturated rings. The summed E-state index contributed by atoms with van der Waals surface area (Å²) in [4.78, 5) is 12.6. The van der Waals surface area contributed by atoms with Gasteiger partial charge in [-0.15, -0.1) is 5.10 Å². The molecule has 3 aromatic rings. The number of hydrogen-bond acceptors (Lipinski definition) is 5. The highest BCUT2D eigenvalue weighted by Crippen LogP contribution is 2.38. The average Bonchev–Trinajstić information content (AvgIpc) is 3.40. The van der Waals surface area contributed by atoms with Gasteiger partial charge in [-0.1, -0.05) is 30.3 Å². The second-order valence-corrected chi connectivity index (χ2v) is 6.29. The van der Waals surface area contributed by atoms with E-state index in [2.05, 4.69) is 20.8 Å². The van der Waals surface area contributed by atoms with Crippen LogP contribution in [-0.2, 0) is 4.79 Å². The Bertz CT molecular complexity index is 905. The van der Waals surface area contributed by atoms with E-state index in [9.17, 15) is 4.79 Å². The second-order valence-electron chi connectivity index (χ2n) is 6.29. The monoisotopic (exact) mass is 349 g/mol. The molecule has 7 nitrogen and oxygen atoms in total. The number of aromatic nitrogens is 4. The lowest BCUT2D eigenvalue weighted by Crippen LogP contribution is -2.30. The van der Waals surface area contributed by atoms with Gasteiger partial charge in [0.1, 0.15) is 5.75 Å². The first-order valence-electron chi connectivity index (χ1n) is 8.62. The van der Waals surface area contributed by atoms with Crippen LogP contribution in [0.3, 0.4) is 0 Å². The minimum Gasteiger partial charge on any atom is -0.481 e. The summed E-state index contributed by atoms with van der Waals surface area (Å²) in [5, 5.41) is 15.0. The maximum absolute atomic E-state index is 12.6. The number of benzene rings is 2. The van der Waals surface area contributed by atoms with Crippen LogP contribution in [0.25, 0.3) is 11.4 Å². The van der Waals surface area contributed by atoms with Crippen molar-refractivity contribution in [2.24, 2.45) is 0 Å². The number of hydrogen-bond donors (Lipinski definition) is 1. The predicted octanol–water partition coefficient (Wildman–Crippen LogP) is 3.08. The van der Waals surface area contributed by atoms with Gasteiger partial charge in [0.25, 0.3) is 5.91 Å². The van der Waals surface area contributed by atoms with Crippen LogP contribution in [0.1, 0.15) is 25.8 Å². The van der Waals surface area contributed by atoms with E-state index in [4.69, 9.17) is 4.74 Å². The molecule has 0 spiro atoms. The van der Waals surface area contributed by atoms with E-state index in [0.717, 1.165) is 18.4 Å². The van der Waals surface area contributed by atoms with Gasteiger partial charge < -0.3 is 10.1 Å². The molecule has 4 rings (SSSR count). The van der Waals surface area contributed by atoms with E-state index in [0.29, 0.717) is 23.3 Å². The summed E-state index contributed by atoms with van der Waals surface area (Å²) in [6, 6.07) is 17.1. The summed E-state index contributed by atoms with van der Waals surface area (Å²) in [5.41, 5.74) is 1.46. The fourth-order valence-corrected chi connectivity index (χ4v) is 2.71. The molecule has 0 aliphatic heterocycles. The first-order chi connectivity index (χ1) is 12.7. The second kappa shape index (κ2) is 6.95. The average molecular weight is 349 g/mol. The Morgan fingerprint density at radius 1 is 1.15 bits per heavy atom. The lowest BCUT2D eigenvalue weighted by atomic mass is 10.1. The van der Waals surface area contributed by atoms with Crippen molar-refractivity contribution < 1.29 is 9.53 Å². The molecule has 1 amide bonds. The standard InChI is InChI=1S/C19H19N5O2/c1-13(26-15-7-3-2-4-8-15)19(25)20-17-10-6-5-9-16(17)18-21-22-23-24(18)14-11-12-14/h2-10,13-14H,11-12H2,1H3,(H,20,25)/t13-/m1/s1. The Balaban J connectivity index is 1.53. The van der Waals surface area contributed by atoms with Crippen molar-refractivity contribution in [3.63, 3.8) is 0 Å². The van der Waals surface area contributed by atoms with Crippen molar-refractivity contribution in [2.45, 2.75) is 31.9 Å². The molecule has 1 saturated carbocycles. The van der Waals surface area contributed by atoms with Crippen LogP contribution in [-0.4, -0.2) is 32.2 Å². The van der Waals surface area contributed by atoms with E-state index in [1.165, 1.54) is 0 Å². The van der Waals surface area contributed by atoms with E-state index in [-0.39, 0.29) is 5.91 Å². The third-order valence-corrected chi connectivity index (χ3v) is 4.24. The fraction of sp³-hybridized carbons (Fsp3) is 0.263. The molecule has 26 heavy (non-hydrogen) atoms. The van der Waals surface area contributed by atoms with Crippen molar-refractivity contribution in [1.29, 1.82) is 0 Å². The summed E-state index contributed by atoms with van der Waals surface area (Å²) in [7, 11) is 0. The minimum atomic E-state index is -0.634. The molecule has 0 saturated heterocycles. The summed E-state index contributed by atoms with van der Waals surface area (Å²) in [5.74, 6) is 1.09. The SMILES string of the molecule is C[C@@H](Oc1ccccc1)C(=O)Nc1ccccc1-c1nnnn1C1CC1. The van der Waals surface area contributed by atoms with Gasteiger partial charge in [-0.3, -0.25) is 4.79 Å². The number of amides is 1. The Morgan fingerprint density at radius 2 is 1.88 bits per heavy atom. The van der Waals surface area contributed by atoms with Crippen molar-refractivity contribution in [3.05, 3.63) is 54.6 Å². The summed E-state index contributed by atoms with van der Waals surface area (Å²) in [6.07, 6.45) is 1.52. The van der Waals surface area contributed by atoms with Gasteiger partial charge in [0.2, 0.25) is 0 Å². The topological polar surface area (TPSA) is 81.9 Å². The number of tetrazole rings is 1. The first kappa shape index (κ1) is 16.3. The Hall–Kier alpha value is -3.22. The number of nitrogens with one attached hydrogen (secondary N) is 1. The van der Waals surface area contributed by atoms with Gasteiger partial charge in [-0.2, -0.15) is 0 Å². The van der Waals surface area contributed by atoms with Crippen LogP contribution in [0, 0.1) is 0 Å². The van der Waals surface area contributed by atoms with Crippen LogP contribution in [0.5, 0.6) is 5.75 Å². The largest absolute Gasteiger partial charge is 0.481 e. The maximum Gasteiger partial charge on any atom is 0.265 e. The maximum atomic E-state index is 12.6. The summed E-state index contributed by atoms with van der Waals surface area (Å²) < 4.78 is 7.52. The number of anilines is 1. The van der Waals surface area contributed by atoms with Crippen molar-refractivity contribution in [2.75, 3.05) is 5.32 Å². The molecule has 0 radical (unpaired) electrons. The molecule has 2 aromatic carbocycles. The number of rotatable bonds is 6. The number of ether oxygens (including phenoxy) is 1. The van der Waals surface area contributed by atoms with Gasteiger partial charge >= 0.3 is 0 Å². The van der Waals surface area contributed by atoms with Gasteiger partial charge in [0.05, 0.1) is 11.7 Å². The van der Waals surface area contributed by atoms with Gasteiger partial charge in [0.15, 0.2) is 11.9 Å². The minimum absolute atomic E-state index is 0.230. The highest BCUT2D eigenvalue weighted by atomic mass is 16.5. The first-order valence-corrected chi connectivity index (χ1v) is 8.62. The summed E-state index contributed by atoms with van der Waals surface area (Å²) in [6.45, 7) is 1.72. The molecule has 1 aliphatic carbocycles. The van der Waals surface area contributed by atoms with E-state index < -0.39 is 6.10 Å². The molecule has 132 valence electrons.